The summed E-state index contributed by atoms with van der Waals surface area (Å²) in [5.41, 5.74) is -0.381. The van der Waals surface area contributed by atoms with Gasteiger partial charge in [-0.2, -0.15) is 13.2 Å². The van der Waals surface area contributed by atoms with Crippen LogP contribution in [-0.4, -0.2) is 42.3 Å². The molecular weight excluding hydrogens is 534 g/mol. The zero-order valence-corrected chi connectivity index (χ0v) is 23.9. The van der Waals surface area contributed by atoms with Crippen molar-refractivity contribution in [2.75, 3.05) is 13.2 Å². The summed E-state index contributed by atoms with van der Waals surface area (Å²) in [6.07, 6.45) is -2.27. The van der Waals surface area contributed by atoms with Gasteiger partial charge in [0.2, 0.25) is 11.6 Å². The first-order chi connectivity index (χ1) is 18.0. The van der Waals surface area contributed by atoms with E-state index in [4.69, 9.17) is 9.47 Å². The molecule has 2 N–H and O–H groups in total. The standard InChI is InChI=1S/C27H33F4N3O4Si/c1-17-11-23(38-15-26(2,3)25(35)36)32-13-20(17)18-7-8-19(21(28)12-18)24-33-22(27(29,30)31)14-34(24)16-37-9-10-39(4,5)6/h7-8,11-14H,9-10,15-16H2,1-6H3,(H,35,36)/p+1. The van der Waals surface area contributed by atoms with Gasteiger partial charge in [-0.05, 0) is 50.1 Å². The van der Waals surface area contributed by atoms with Crippen LogP contribution < -0.4 is 9.30 Å². The van der Waals surface area contributed by atoms with Crippen LogP contribution in [0.3, 0.4) is 0 Å². The number of H-pyrrole nitrogens is 1. The fourth-order valence-corrected chi connectivity index (χ4v) is 4.32. The second-order valence-corrected chi connectivity index (χ2v) is 17.0. The van der Waals surface area contributed by atoms with Crippen molar-refractivity contribution in [2.24, 2.45) is 5.41 Å². The Morgan fingerprint density at radius 2 is 1.85 bits per heavy atom. The van der Waals surface area contributed by atoms with E-state index in [2.05, 4.69) is 29.6 Å². The minimum Gasteiger partial charge on any atom is -0.481 e. The number of carboxylic acid groups (broad SMARTS) is 1. The number of hydrogen-bond donors (Lipinski definition) is 2. The largest absolute Gasteiger partial charge is 0.481 e. The Hall–Kier alpha value is -3.25. The molecule has 212 valence electrons. The number of aryl methyl sites for hydroxylation is 1. The zero-order chi connectivity index (χ0) is 29.2. The lowest BCUT2D eigenvalue weighted by molar-refractivity contribution is -0.721. The van der Waals surface area contributed by atoms with Crippen LogP contribution in [0.5, 0.6) is 5.88 Å². The molecule has 3 rings (SSSR count). The summed E-state index contributed by atoms with van der Waals surface area (Å²) in [5, 5.41) is 9.24. The highest BCUT2D eigenvalue weighted by Gasteiger charge is 2.39. The van der Waals surface area contributed by atoms with Gasteiger partial charge in [-0.15, -0.1) is 0 Å². The minimum atomic E-state index is -4.64. The second-order valence-electron chi connectivity index (χ2n) is 11.3. The molecule has 7 nitrogen and oxygen atoms in total. The molecule has 2 aromatic heterocycles. The van der Waals surface area contributed by atoms with Crippen molar-refractivity contribution in [2.45, 2.75) is 59.4 Å². The van der Waals surface area contributed by atoms with Gasteiger partial charge in [-0.1, -0.05) is 25.7 Å². The van der Waals surface area contributed by atoms with Gasteiger partial charge in [0, 0.05) is 32.5 Å². The molecule has 1 aromatic carbocycles. The molecule has 0 spiro atoms. The first-order valence-corrected chi connectivity index (χ1v) is 16.1. The van der Waals surface area contributed by atoms with Crippen molar-refractivity contribution in [3.8, 4) is 28.4 Å². The van der Waals surface area contributed by atoms with Gasteiger partial charge in [0.25, 0.3) is 5.82 Å². The highest BCUT2D eigenvalue weighted by Crippen LogP contribution is 2.32. The summed E-state index contributed by atoms with van der Waals surface area (Å²) < 4.78 is 68.1. The van der Waals surface area contributed by atoms with E-state index in [0.29, 0.717) is 23.3 Å². The molecule has 12 heteroatoms. The Bertz CT molecular complexity index is 1330. The molecule has 39 heavy (non-hydrogen) atoms. The first-order valence-electron chi connectivity index (χ1n) is 12.4. The number of ether oxygens (including phenoxy) is 2. The van der Waals surface area contributed by atoms with Crippen molar-refractivity contribution in [1.29, 1.82) is 0 Å². The van der Waals surface area contributed by atoms with E-state index < -0.39 is 37.1 Å². The van der Waals surface area contributed by atoms with Crippen LogP contribution >= 0.6 is 0 Å². The third-order valence-electron chi connectivity index (χ3n) is 6.14. The maximum absolute atomic E-state index is 15.3. The van der Waals surface area contributed by atoms with E-state index in [1.165, 1.54) is 36.7 Å². The van der Waals surface area contributed by atoms with Gasteiger partial charge < -0.3 is 14.6 Å². The SMILES string of the molecule is Cc1cc(OCC(C)(C)C(=O)O)ncc1-c1ccc(-c2[nH]c(C(F)(F)F)c[n+]2COCC[Si](C)(C)C)c(F)c1. The van der Waals surface area contributed by atoms with E-state index in [1.54, 1.807) is 19.1 Å². The first kappa shape index (κ1) is 30.3. The van der Waals surface area contributed by atoms with Gasteiger partial charge in [0.05, 0.1) is 11.0 Å². The molecule has 0 aliphatic rings. The average Bonchev–Trinajstić information content (AvgIpc) is 3.24. The van der Waals surface area contributed by atoms with Crippen LogP contribution in [0.2, 0.25) is 25.7 Å². The summed E-state index contributed by atoms with van der Waals surface area (Å²) in [4.78, 5) is 17.8. The molecule has 0 aliphatic carbocycles. The predicted octanol–water partition coefficient (Wildman–Crippen LogP) is 6.30. The van der Waals surface area contributed by atoms with E-state index in [0.717, 1.165) is 12.2 Å². The number of pyridine rings is 1. The molecule has 0 atom stereocenters. The van der Waals surface area contributed by atoms with Crippen molar-refractivity contribution in [3.05, 3.63) is 53.7 Å². The predicted molar refractivity (Wildman–Crippen MR) is 140 cm³/mol. The van der Waals surface area contributed by atoms with E-state index >= 15 is 4.39 Å². The van der Waals surface area contributed by atoms with Gasteiger partial charge in [0.1, 0.15) is 18.6 Å². The number of rotatable bonds is 11. The lowest BCUT2D eigenvalue weighted by Crippen LogP contribution is -2.36. The molecule has 3 aromatic rings. The fourth-order valence-electron chi connectivity index (χ4n) is 3.56. The van der Waals surface area contributed by atoms with Crippen LogP contribution in [0.1, 0.15) is 25.1 Å². The van der Waals surface area contributed by atoms with E-state index in [-0.39, 0.29) is 30.6 Å². The van der Waals surface area contributed by atoms with Gasteiger partial charge in [-0.25, -0.2) is 18.9 Å². The molecule has 0 saturated carbocycles. The number of carboxylic acids is 1. The summed E-state index contributed by atoms with van der Waals surface area (Å²) in [6.45, 7) is 11.5. The number of carbonyl (C=O) groups is 1. The number of benzene rings is 1. The number of aromatic nitrogens is 3. The van der Waals surface area contributed by atoms with E-state index in [1.807, 2.05) is 0 Å². The molecule has 0 radical (unpaired) electrons. The van der Waals surface area contributed by atoms with Crippen molar-refractivity contribution in [1.82, 2.24) is 9.97 Å². The number of aromatic amines is 1. The highest BCUT2D eigenvalue weighted by molar-refractivity contribution is 6.76. The minimum absolute atomic E-state index is 0.0375. The third-order valence-corrected chi connectivity index (χ3v) is 7.84. The second kappa shape index (κ2) is 11.5. The molecule has 0 bridgehead atoms. The zero-order valence-electron chi connectivity index (χ0n) is 22.9. The molecule has 2 heterocycles. The smallest absolute Gasteiger partial charge is 0.457 e. The number of nitrogens with one attached hydrogen (secondary N) is 1. The quantitative estimate of drug-likeness (QED) is 0.123. The Morgan fingerprint density at radius 1 is 1.15 bits per heavy atom. The average molecular weight is 569 g/mol. The Morgan fingerprint density at radius 3 is 2.41 bits per heavy atom. The maximum atomic E-state index is 15.3. The molecule has 0 aliphatic heterocycles. The van der Waals surface area contributed by atoms with Crippen molar-refractivity contribution in [3.63, 3.8) is 0 Å². The number of aliphatic carboxylic acids is 1. The fraction of sp³-hybridized carbons (Fsp3) is 0.444. The van der Waals surface area contributed by atoms with Gasteiger partial charge in [0.15, 0.2) is 6.73 Å². The topological polar surface area (TPSA) is 88.3 Å². The summed E-state index contributed by atoms with van der Waals surface area (Å²) >= 11 is 0. The molecule has 0 amide bonds. The number of nitrogens with zero attached hydrogens (tertiary/aromatic N) is 2. The van der Waals surface area contributed by atoms with Crippen LogP contribution in [0, 0.1) is 18.2 Å². The number of imidazole rings is 1. The molecular formula is C27H34F4N3O4Si+. The number of alkyl halides is 3. The summed E-state index contributed by atoms with van der Waals surface area (Å²) in [6, 6.07) is 6.70. The highest BCUT2D eigenvalue weighted by atomic mass is 28.3. The van der Waals surface area contributed by atoms with Crippen LogP contribution in [0.25, 0.3) is 22.5 Å². The molecule has 0 unspecified atom stereocenters. The van der Waals surface area contributed by atoms with Crippen molar-refractivity contribution < 1.29 is 41.5 Å². The lowest BCUT2D eigenvalue weighted by Gasteiger charge is -2.19. The van der Waals surface area contributed by atoms with Gasteiger partial charge >= 0.3 is 12.1 Å². The maximum Gasteiger partial charge on any atom is 0.457 e. The Labute approximate surface area is 225 Å². The summed E-state index contributed by atoms with van der Waals surface area (Å²) in [5.74, 6) is -1.56. The monoisotopic (exact) mass is 568 g/mol. The third kappa shape index (κ3) is 7.88. The number of hydrogen-bond acceptors (Lipinski definition) is 4. The lowest BCUT2D eigenvalue weighted by atomic mass is 9.95. The Kier molecular flexibility index (Phi) is 8.91. The number of halogens is 4. The van der Waals surface area contributed by atoms with Gasteiger partial charge in [-0.3, -0.25) is 4.79 Å². The normalized spacial score (nSPS) is 12.6. The van der Waals surface area contributed by atoms with E-state index in [9.17, 15) is 23.1 Å². The molecule has 0 saturated heterocycles. The molecule has 0 fully saturated rings. The van der Waals surface area contributed by atoms with Crippen LogP contribution in [0.15, 0.2) is 36.7 Å². The Balaban J connectivity index is 1.86. The van der Waals surface area contributed by atoms with Crippen LogP contribution in [-0.2, 0) is 22.4 Å². The van der Waals surface area contributed by atoms with Crippen LogP contribution in [0.4, 0.5) is 17.6 Å². The summed E-state index contributed by atoms with van der Waals surface area (Å²) in [7, 11) is -1.39. The van der Waals surface area contributed by atoms with Crippen molar-refractivity contribution >= 4 is 14.0 Å².